The maximum Gasteiger partial charge on any atom is 0.238 e. The molecule has 7 aromatic carbocycles. The predicted molar refractivity (Wildman–Crippen MR) is 188 cm³/mol. The van der Waals surface area contributed by atoms with Crippen LogP contribution in [-0.2, 0) is 0 Å². The molecule has 11 rings (SSSR count). The van der Waals surface area contributed by atoms with Crippen molar-refractivity contribution in [1.29, 1.82) is 0 Å². The van der Waals surface area contributed by atoms with E-state index in [4.69, 9.17) is 15.0 Å². The molecule has 0 amide bonds. The highest BCUT2D eigenvalue weighted by Gasteiger charge is 2.32. The number of rotatable bonds is 3. The third-order valence-corrected chi connectivity index (χ3v) is 9.59. The molecule has 0 radical (unpaired) electrons. The van der Waals surface area contributed by atoms with Crippen LogP contribution < -0.4 is 0 Å². The number of aromatic nitrogens is 5. The van der Waals surface area contributed by atoms with Crippen molar-refractivity contribution in [3.63, 3.8) is 0 Å². The van der Waals surface area contributed by atoms with Crippen molar-refractivity contribution in [3.05, 3.63) is 140 Å². The Labute approximate surface area is 262 Å². The lowest BCUT2D eigenvalue weighted by Gasteiger charge is -2.12. The van der Waals surface area contributed by atoms with Crippen LogP contribution in [0.1, 0.15) is 0 Å². The van der Waals surface area contributed by atoms with E-state index < -0.39 is 0 Å². The molecule has 3 aromatic heterocycles. The smallest absolute Gasteiger partial charge is 0.238 e. The first-order valence-electron chi connectivity index (χ1n) is 15.6. The monoisotopic (exact) mass is 585 g/mol. The molecule has 0 unspecified atom stereocenters. The Kier molecular flexibility index (Phi) is 4.52. The van der Waals surface area contributed by atoms with E-state index in [1.165, 1.54) is 59.8 Å². The second-order valence-electron chi connectivity index (χ2n) is 12.1. The van der Waals surface area contributed by atoms with Crippen LogP contribution in [-0.4, -0.2) is 24.1 Å². The minimum absolute atomic E-state index is 0.608. The zero-order chi connectivity index (χ0) is 29.9. The Hall–Kier alpha value is -6.33. The second-order valence-corrected chi connectivity index (χ2v) is 12.1. The first-order valence-corrected chi connectivity index (χ1v) is 15.6. The largest absolute Gasteiger partial charge is 0.303 e. The van der Waals surface area contributed by atoms with Crippen molar-refractivity contribution in [3.8, 4) is 34.4 Å². The van der Waals surface area contributed by atoms with Gasteiger partial charge in [-0.1, -0.05) is 127 Å². The molecule has 46 heavy (non-hydrogen) atoms. The summed E-state index contributed by atoms with van der Waals surface area (Å²) < 4.78 is 4.71. The van der Waals surface area contributed by atoms with Gasteiger partial charge in [-0.05, 0) is 33.7 Å². The maximum atomic E-state index is 5.22. The maximum absolute atomic E-state index is 5.22. The summed E-state index contributed by atoms with van der Waals surface area (Å²) in [6.07, 6.45) is 0. The average molecular weight is 586 g/mol. The summed E-state index contributed by atoms with van der Waals surface area (Å²) >= 11 is 0. The summed E-state index contributed by atoms with van der Waals surface area (Å²) in [5.41, 5.74) is 7.89. The SMILES string of the molecule is c1ccc(-c2nc(-c3ccccc3)nc(-n3c4ccc5ccccc5c4c4ccc5c6c7ccccc7cc7c6n-7c5c43)n2)cc1. The average Bonchev–Trinajstić information content (AvgIpc) is 3.55. The van der Waals surface area contributed by atoms with Gasteiger partial charge in [0.05, 0.1) is 27.8 Å². The predicted octanol–water partition coefficient (Wildman–Crippen LogP) is 10.0. The van der Waals surface area contributed by atoms with Crippen molar-refractivity contribution in [2.75, 3.05) is 0 Å². The Morgan fingerprint density at radius 2 is 0.957 bits per heavy atom. The highest BCUT2D eigenvalue weighted by atomic mass is 15.2. The van der Waals surface area contributed by atoms with Crippen molar-refractivity contribution in [2.24, 2.45) is 0 Å². The standard InChI is InChI=1S/C41H23N5/c1-3-12-25(13-4-1)39-42-40(26-14-5-2-6-15-26)44-41(43-39)46-32-22-19-24-11-7-9-17-28(24)34(32)30-20-21-31-35-29-18-10-8-16-27(29)23-33-38(35)45(33)36(31)37(30)46/h1-23H. The van der Waals surface area contributed by atoms with Gasteiger partial charge in [-0.25, -0.2) is 4.98 Å². The van der Waals surface area contributed by atoms with Crippen LogP contribution in [0.5, 0.6) is 0 Å². The second kappa shape index (κ2) is 8.65. The highest BCUT2D eigenvalue weighted by molar-refractivity contribution is 6.35. The summed E-state index contributed by atoms with van der Waals surface area (Å²) in [7, 11) is 0. The molecule has 0 N–H and O–H groups in total. The Balaban J connectivity index is 1.34. The highest BCUT2D eigenvalue weighted by Crippen LogP contribution is 2.52. The molecule has 0 aliphatic carbocycles. The molecular formula is C41H23N5. The lowest BCUT2D eigenvalue weighted by atomic mass is 10.0. The van der Waals surface area contributed by atoms with E-state index in [0.717, 1.165) is 22.2 Å². The lowest BCUT2D eigenvalue weighted by molar-refractivity contribution is 0.954. The van der Waals surface area contributed by atoms with Crippen LogP contribution >= 0.6 is 0 Å². The number of hydrogen-bond donors (Lipinski definition) is 0. The van der Waals surface area contributed by atoms with E-state index in [9.17, 15) is 0 Å². The zero-order valence-electron chi connectivity index (χ0n) is 24.5. The van der Waals surface area contributed by atoms with Gasteiger partial charge < -0.3 is 4.57 Å². The molecule has 5 nitrogen and oxygen atoms in total. The molecule has 0 atom stereocenters. The van der Waals surface area contributed by atoms with Crippen molar-refractivity contribution >= 4 is 65.2 Å². The molecule has 0 saturated carbocycles. The Bertz CT molecular complexity index is 2840. The first-order chi connectivity index (χ1) is 22.8. The lowest BCUT2D eigenvalue weighted by Crippen LogP contribution is -2.06. The fraction of sp³-hybridized carbons (Fsp3) is 0. The molecule has 1 aliphatic rings. The molecule has 212 valence electrons. The van der Waals surface area contributed by atoms with Crippen LogP contribution in [0.25, 0.3) is 99.6 Å². The van der Waals surface area contributed by atoms with Gasteiger partial charge >= 0.3 is 0 Å². The molecular weight excluding hydrogens is 562 g/mol. The van der Waals surface area contributed by atoms with Crippen molar-refractivity contribution in [1.82, 2.24) is 24.1 Å². The normalized spacial score (nSPS) is 12.3. The number of nitrogens with zero attached hydrogens (tertiary/aromatic N) is 5. The van der Waals surface area contributed by atoms with Gasteiger partial charge in [0.2, 0.25) is 5.95 Å². The fourth-order valence-corrected chi connectivity index (χ4v) is 7.57. The Morgan fingerprint density at radius 1 is 0.391 bits per heavy atom. The number of benzene rings is 7. The van der Waals surface area contributed by atoms with Crippen LogP contribution in [0.3, 0.4) is 0 Å². The molecule has 4 heterocycles. The van der Waals surface area contributed by atoms with Crippen LogP contribution in [0.2, 0.25) is 0 Å². The molecule has 0 fully saturated rings. The fourth-order valence-electron chi connectivity index (χ4n) is 7.57. The van der Waals surface area contributed by atoms with Gasteiger partial charge in [-0.3, -0.25) is 4.57 Å². The van der Waals surface area contributed by atoms with E-state index in [0.29, 0.717) is 17.6 Å². The minimum atomic E-state index is 0.608. The van der Waals surface area contributed by atoms with E-state index in [-0.39, 0.29) is 0 Å². The van der Waals surface area contributed by atoms with Gasteiger partial charge in [0, 0.05) is 32.7 Å². The molecule has 0 bridgehead atoms. The number of fused-ring (bicyclic) bond motifs is 12. The molecule has 5 heteroatoms. The van der Waals surface area contributed by atoms with Crippen LogP contribution in [0, 0.1) is 0 Å². The first kappa shape index (κ1) is 24.0. The molecule has 10 aromatic rings. The van der Waals surface area contributed by atoms with Gasteiger partial charge in [-0.15, -0.1) is 0 Å². The third kappa shape index (κ3) is 3.11. The molecule has 1 aliphatic heterocycles. The van der Waals surface area contributed by atoms with Gasteiger partial charge in [0.15, 0.2) is 11.6 Å². The van der Waals surface area contributed by atoms with E-state index >= 15 is 0 Å². The number of pyridine rings is 1. The van der Waals surface area contributed by atoms with Crippen LogP contribution in [0.15, 0.2) is 140 Å². The van der Waals surface area contributed by atoms with Crippen molar-refractivity contribution < 1.29 is 0 Å². The third-order valence-electron chi connectivity index (χ3n) is 9.59. The quantitative estimate of drug-likeness (QED) is 0.207. The summed E-state index contributed by atoms with van der Waals surface area (Å²) in [4.78, 5) is 15.4. The van der Waals surface area contributed by atoms with E-state index in [2.05, 4.69) is 112 Å². The summed E-state index contributed by atoms with van der Waals surface area (Å²) in [5, 5.41) is 9.95. The van der Waals surface area contributed by atoms with Gasteiger partial charge in [0.25, 0.3) is 0 Å². The topological polar surface area (TPSA) is 48.5 Å². The zero-order valence-corrected chi connectivity index (χ0v) is 24.5. The molecule has 0 saturated heterocycles. The molecule has 0 spiro atoms. The summed E-state index contributed by atoms with van der Waals surface area (Å²) in [5.74, 6) is 1.90. The summed E-state index contributed by atoms with van der Waals surface area (Å²) in [6.45, 7) is 0. The van der Waals surface area contributed by atoms with Gasteiger partial charge in [-0.2, -0.15) is 9.97 Å². The minimum Gasteiger partial charge on any atom is -0.303 e. The number of hydrogen-bond acceptors (Lipinski definition) is 3. The van der Waals surface area contributed by atoms with E-state index in [1.807, 2.05) is 36.4 Å². The Morgan fingerprint density at radius 3 is 1.65 bits per heavy atom. The summed E-state index contributed by atoms with van der Waals surface area (Å²) in [6, 6.07) is 49.1. The van der Waals surface area contributed by atoms with E-state index in [1.54, 1.807) is 0 Å². The van der Waals surface area contributed by atoms with Gasteiger partial charge in [0.1, 0.15) is 0 Å². The van der Waals surface area contributed by atoms with Crippen molar-refractivity contribution in [2.45, 2.75) is 0 Å². The van der Waals surface area contributed by atoms with Crippen LogP contribution in [0.4, 0.5) is 0 Å².